The SMILES string of the molecule is CCC(NC(=O)C1CCN(S(=O)(=O)Cc2ccc(C)cc2)CC1)c1ccccc1. The lowest BCUT2D eigenvalue weighted by Gasteiger charge is -2.31. The molecule has 1 N–H and O–H groups in total. The maximum Gasteiger partial charge on any atom is 0.223 e. The number of carbonyl (C=O) groups is 1. The molecule has 6 heteroatoms. The van der Waals surface area contributed by atoms with Crippen LogP contribution < -0.4 is 5.32 Å². The Bertz CT molecular complexity index is 903. The van der Waals surface area contributed by atoms with Gasteiger partial charge in [-0.2, -0.15) is 0 Å². The Balaban J connectivity index is 1.55. The van der Waals surface area contributed by atoms with Gasteiger partial charge in [0.25, 0.3) is 0 Å². The molecule has 156 valence electrons. The molecular formula is C23H30N2O3S. The molecule has 0 saturated carbocycles. The van der Waals surface area contributed by atoms with E-state index in [2.05, 4.69) is 12.2 Å². The molecule has 3 rings (SSSR count). The zero-order valence-electron chi connectivity index (χ0n) is 17.2. The maximum absolute atomic E-state index is 12.8. The summed E-state index contributed by atoms with van der Waals surface area (Å²) in [6.07, 6.45) is 1.94. The lowest BCUT2D eigenvalue weighted by atomic mass is 9.96. The standard InChI is InChI=1S/C23H30N2O3S/c1-3-22(20-7-5-4-6-8-20)24-23(26)21-13-15-25(16-14-21)29(27,28)17-19-11-9-18(2)10-12-19/h4-12,21-22H,3,13-17H2,1-2H3,(H,24,26). The van der Waals surface area contributed by atoms with E-state index in [4.69, 9.17) is 0 Å². The number of nitrogens with zero attached hydrogens (tertiary/aromatic N) is 1. The lowest BCUT2D eigenvalue weighted by Crippen LogP contribution is -2.44. The summed E-state index contributed by atoms with van der Waals surface area (Å²) in [6.45, 7) is 4.83. The average molecular weight is 415 g/mol. The summed E-state index contributed by atoms with van der Waals surface area (Å²) in [6, 6.07) is 17.5. The largest absolute Gasteiger partial charge is 0.349 e. The molecular weight excluding hydrogens is 384 g/mol. The van der Waals surface area contributed by atoms with E-state index in [-0.39, 0.29) is 23.6 Å². The first-order valence-corrected chi connectivity index (χ1v) is 11.9. The van der Waals surface area contributed by atoms with Crippen LogP contribution in [0.5, 0.6) is 0 Å². The van der Waals surface area contributed by atoms with Gasteiger partial charge < -0.3 is 5.32 Å². The van der Waals surface area contributed by atoms with E-state index in [0.29, 0.717) is 25.9 Å². The molecule has 29 heavy (non-hydrogen) atoms. The van der Waals surface area contributed by atoms with Crippen molar-refractivity contribution in [2.45, 2.75) is 44.9 Å². The number of amides is 1. The van der Waals surface area contributed by atoms with Gasteiger partial charge in [-0.3, -0.25) is 4.79 Å². The predicted octanol–water partition coefficient (Wildman–Crippen LogP) is 3.80. The van der Waals surface area contributed by atoms with E-state index in [1.807, 2.05) is 61.5 Å². The molecule has 0 aromatic heterocycles. The van der Waals surface area contributed by atoms with E-state index in [9.17, 15) is 13.2 Å². The topological polar surface area (TPSA) is 66.5 Å². The van der Waals surface area contributed by atoms with E-state index in [0.717, 1.165) is 23.1 Å². The van der Waals surface area contributed by atoms with Crippen molar-refractivity contribution in [3.8, 4) is 0 Å². The summed E-state index contributed by atoms with van der Waals surface area (Å²) in [7, 11) is -3.37. The molecule has 1 heterocycles. The third-order valence-corrected chi connectivity index (χ3v) is 7.46. The molecule has 0 bridgehead atoms. The van der Waals surface area contributed by atoms with Crippen molar-refractivity contribution in [3.63, 3.8) is 0 Å². The van der Waals surface area contributed by atoms with Crippen molar-refractivity contribution in [1.29, 1.82) is 0 Å². The highest BCUT2D eigenvalue weighted by Gasteiger charge is 2.31. The Morgan fingerprint density at radius 2 is 1.69 bits per heavy atom. The van der Waals surface area contributed by atoms with E-state index >= 15 is 0 Å². The van der Waals surface area contributed by atoms with Gasteiger partial charge in [-0.25, -0.2) is 12.7 Å². The van der Waals surface area contributed by atoms with Gasteiger partial charge in [0.05, 0.1) is 11.8 Å². The second-order valence-corrected chi connectivity index (χ2v) is 9.76. The monoisotopic (exact) mass is 414 g/mol. The van der Waals surface area contributed by atoms with Crippen molar-refractivity contribution < 1.29 is 13.2 Å². The number of hydrogen-bond acceptors (Lipinski definition) is 3. The third-order valence-electron chi connectivity index (χ3n) is 5.61. The van der Waals surface area contributed by atoms with Gasteiger partial charge in [0, 0.05) is 19.0 Å². The highest BCUT2D eigenvalue weighted by Crippen LogP contribution is 2.24. The zero-order valence-corrected chi connectivity index (χ0v) is 18.0. The molecule has 5 nitrogen and oxygen atoms in total. The first kappa shape index (κ1) is 21.5. The van der Waals surface area contributed by atoms with Crippen LogP contribution in [0.4, 0.5) is 0 Å². The smallest absolute Gasteiger partial charge is 0.223 e. The highest BCUT2D eigenvalue weighted by atomic mass is 32.2. The zero-order chi connectivity index (χ0) is 20.9. The molecule has 1 aliphatic heterocycles. The van der Waals surface area contributed by atoms with Crippen molar-refractivity contribution in [3.05, 3.63) is 71.3 Å². The number of sulfonamides is 1. The van der Waals surface area contributed by atoms with Gasteiger partial charge in [-0.15, -0.1) is 0 Å². The van der Waals surface area contributed by atoms with Crippen molar-refractivity contribution in [2.24, 2.45) is 5.92 Å². The molecule has 0 radical (unpaired) electrons. The van der Waals surface area contributed by atoms with Crippen LogP contribution in [0.2, 0.25) is 0 Å². The number of carbonyl (C=O) groups excluding carboxylic acids is 1. The Kier molecular flexibility index (Phi) is 7.09. The van der Waals surface area contributed by atoms with Gasteiger partial charge >= 0.3 is 0 Å². The van der Waals surface area contributed by atoms with Gasteiger partial charge in [-0.1, -0.05) is 67.1 Å². The van der Waals surface area contributed by atoms with Crippen molar-refractivity contribution in [2.75, 3.05) is 13.1 Å². The summed E-state index contributed by atoms with van der Waals surface area (Å²) in [4.78, 5) is 12.7. The quantitative estimate of drug-likeness (QED) is 0.749. The molecule has 1 atom stereocenters. The first-order valence-electron chi connectivity index (χ1n) is 10.3. The third kappa shape index (κ3) is 5.67. The molecule has 2 aromatic carbocycles. The minimum absolute atomic E-state index is 0.00741. The van der Waals surface area contributed by atoms with E-state index in [1.165, 1.54) is 4.31 Å². The van der Waals surface area contributed by atoms with E-state index < -0.39 is 10.0 Å². The van der Waals surface area contributed by atoms with Crippen LogP contribution in [0, 0.1) is 12.8 Å². The second-order valence-electron chi connectivity index (χ2n) is 7.80. The van der Waals surface area contributed by atoms with Crippen LogP contribution in [0.15, 0.2) is 54.6 Å². The number of benzene rings is 2. The second kappa shape index (κ2) is 9.55. The first-order chi connectivity index (χ1) is 13.9. The number of hydrogen-bond donors (Lipinski definition) is 1. The maximum atomic E-state index is 12.8. The van der Waals surface area contributed by atoms with Crippen molar-refractivity contribution in [1.82, 2.24) is 9.62 Å². The molecule has 1 aliphatic rings. The number of piperidine rings is 1. The highest BCUT2D eigenvalue weighted by molar-refractivity contribution is 7.88. The minimum Gasteiger partial charge on any atom is -0.349 e. The Hall–Kier alpha value is -2.18. The van der Waals surface area contributed by atoms with Gasteiger partial charge in [-0.05, 0) is 37.3 Å². The summed E-state index contributed by atoms with van der Waals surface area (Å²) in [5, 5.41) is 3.14. The Labute approximate surface area is 174 Å². The van der Waals surface area contributed by atoms with Crippen LogP contribution in [0.1, 0.15) is 48.9 Å². The number of aryl methyl sites for hydroxylation is 1. The molecule has 1 unspecified atom stereocenters. The Morgan fingerprint density at radius 1 is 1.07 bits per heavy atom. The van der Waals surface area contributed by atoms with E-state index in [1.54, 1.807) is 0 Å². The molecule has 0 spiro atoms. The summed E-state index contributed by atoms with van der Waals surface area (Å²) >= 11 is 0. The molecule has 1 fully saturated rings. The summed E-state index contributed by atoms with van der Waals surface area (Å²) in [5.74, 6) is -0.106. The molecule has 0 aliphatic carbocycles. The minimum atomic E-state index is -3.37. The number of rotatable bonds is 7. The van der Waals surface area contributed by atoms with Gasteiger partial charge in [0.15, 0.2) is 0 Å². The number of nitrogens with one attached hydrogen (secondary N) is 1. The normalized spacial score (nSPS) is 17.0. The van der Waals surface area contributed by atoms with Gasteiger partial charge in [0.2, 0.25) is 15.9 Å². The van der Waals surface area contributed by atoms with Gasteiger partial charge in [0.1, 0.15) is 0 Å². The Morgan fingerprint density at radius 3 is 2.28 bits per heavy atom. The summed E-state index contributed by atoms with van der Waals surface area (Å²) < 4.78 is 27.0. The lowest BCUT2D eigenvalue weighted by molar-refractivity contribution is -0.126. The fraction of sp³-hybridized carbons (Fsp3) is 0.435. The van der Waals surface area contributed by atoms with Crippen LogP contribution in [0.3, 0.4) is 0 Å². The van der Waals surface area contributed by atoms with Crippen LogP contribution in [0.25, 0.3) is 0 Å². The average Bonchev–Trinajstić information content (AvgIpc) is 2.74. The van der Waals surface area contributed by atoms with Crippen LogP contribution >= 0.6 is 0 Å². The molecule has 1 saturated heterocycles. The molecule has 2 aromatic rings. The fourth-order valence-corrected chi connectivity index (χ4v) is 5.34. The fourth-order valence-electron chi connectivity index (χ4n) is 3.78. The van der Waals surface area contributed by atoms with Crippen LogP contribution in [-0.2, 0) is 20.6 Å². The van der Waals surface area contributed by atoms with Crippen molar-refractivity contribution >= 4 is 15.9 Å². The predicted molar refractivity (Wildman–Crippen MR) is 116 cm³/mol. The molecule has 1 amide bonds. The van der Waals surface area contributed by atoms with Crippen LogP contribution in [-0.4, -0.2) is 31.7 Å². The summed E-state index contributed by atoms with van der Waals surface area (Å²) in [5.41, 5.74) is 3.00.